The topological polar surface area (TPSA) is 50.7 Å². The summed E-state index contributed by atoms with van der Waals surface area (Å²) < 4.78 is 0. The Balaban J connectivity index is 2.32. The molecule has 114 valence electrons. The van der Waals surface area contributed by atoms with Crippen LogP contribution in [0.15, 0.2) is 0 Å². The lowest BCUT2D eigenvalue weighted by Crippen LogP contribution is -2.12. The fourth-order valence-corrected chi connectivity index (χ4v) is 3.23. The number of aryl methyl sites for hydroxylation is 2. The van der Waals surface area contributed by atoms with E-state index in [-0.39, 0.29) is 12.0 Å². The third kappa shape index (κ3) is 3.52. The third-order valence-electron chi connectivity index (χ3n) is 3.31. The van der Waals surface area contributed by atoms with E-state index in [4.69, 9.17) is 11.6 Å². The standard InChI is InChI=1S/C15H21ClN4S/c1-7(2)14-19-13(16)8(3)15(20-14)18-10(5)12-9(4)17-11(6)21-12/h7,10H,1-6H3,(H,18,19,20). The molecule has 0 aromatic carbocycles. The molecule has 0 spiro atoms. The number of halogens is 1. The van der Waals surface area contributed by atoms with Gasteiger partial charge >= 0.3 is 0 Å². The van der Waals surface area contributed by atoms with E-state index in [1.807, 2.05) is 20.8 Å². The maximum atomic E-state index is 6.23. The highest BCUT2D eigenvalue weighted by Gasteiger charge is 2.17. The molecule has 0 radical (unpaired) electrons. The van der Waals surface area contributed by atoms with Gasteiger partial charge in [0.1, 0.15) is 16.8 Å². The lowest BCUT2D eigenvalue weighted by atomic mass is 10.2. The average Bonchev–Trinajstić information content (AvgIpc) is 2.73. The van der Waals surface area contributed by atoms with Gasteiger partial charge in [-0.2, -0.15) is 0 Å². The summed E-state index contributed by atoms with van der Waals surface area (Å²) in [5.41, 5.74) is 1.95. The predicted molar refractivity (Wildman–Crippen MR) is 89.5 cm³/mol. The number of hydrogen-bond acceptors (Lipinski definition) is 5. The first-order valence-electron chi connectivity index (χ1n) is 7.04. The van der Waals surface area contributed by atoms with Crippen LogP contribution in [0.2, 0.25) is 5.15 Å². The minimum Gasteiger partial charge on any atom is -0.362 e. The van der Waals surface area contributed by atoms with E-state index in [9.17, 15) is 0 Å². The van der Waals surface area contributed by atoms with Crippen molar-refractivity contribution < 1.29 is 0 Å². The maximum absolute atomic E-state index is 6.23. The van der Waals surface area contributed by atoms with Gasteiger partial charge in [-0.25, -0.2) is 15.0 Å². The van der Waals surface area contributed by atoms with Gasteiger partial charge in [0, 0.05) is 16.4 Å². The molecule has 4 nitrogen and oxygen atoms in total. The summed E-state index contributed by atoms with van der Waals surface area (Å²) in [6.07, 6.45) is 0. The van der Waals surface area contributed by atoms with Gasteiger partial charge in [-0.3, -0.25) is 0 Å². The molecular formula is C15H21ClN4S. The lowest BCUT2D eigenvalue weighted by molar-refractivity contribution is 0.765. The molecular weight excluding hydrogens is 304 g/mol. The van der Waals surface area contributed by atoms with Crippen molar-refractivity contribution in [3.63, 3.8) is 0 Å². The summed E-state index contributed by atoms with van der Waals surface area (Å²) in [7, 11) is 0. The van der Waals surface area contributed by atoms with Crippen LogP contribution in [-0.2, 0) is 0 Å². The number of aromatic nitrogens is 3. The summed E-state index contributed by atoms with van der Waals surface area (Å²) >= 11 is 7.94. The molecule has 2 aromatic rings. The number of hydrogen-bond donors (Lipinski definition) is 1. The van der Waals surface area contributed by atoms with Crippen molar-refractivity contribution in [3.8, 4) is 0 Å². The zero-order valence-electron chi connectivity index (χ0n) is 13.3. The minimum absolute atomic E-state index is 0.140. The summed E-state index contributed by atoms with van der Waals surface area (Å²) in [4.78, 5) is 14.7. The van der Waals surface area contributed by atoms with Crippen LogP contribution in [0.3, 0.4) is 0 Å². The van der Waals surface area contributed by atoms with E-state index < -0.39 is 0 Å². The van der Waals surface area contributed by atoms with E-state index >= 15 is 0 Å². The van der Waals surface area contributed by atoms with Crippen molar-refractivity contribution in [1.82, 2.24) is 15.0 Å². The van der Waals surface area contributed by atoms with Crippen molar-refractivity contribution in [2.45, 2.75) is 53.5 Å². The Hall–Kier alpha value is -1.20. The largest absolute Gasteiger partial charge is 0.362 e. The van der Waals surface area contributed by atoms with Crippen molar-refractivity contribution >= 4 is 28.8 Å². The van der Waals surface area contributed by atoms with Gasteiger partial charge in [-0.15, -0.1) is 11.3 Å². The Morgan fingerprint density at radius 3 is 2.24 bits per heavy atom. The lowest BCUT2D eigenvalue weighted by Gasteiger charge is -2.17. The second kappa shape index (κ2) is 6.28. The first-order valence-corrected chi connectivity index (χ1v) is 8.23. The first-order chi connectivity index (χ1) is 9.79. The highest BCUT2D eigenvalue weighted by atomic mass is 35.5. The number of thiazole rings is 1. The first kappa shape index (κ1) is 16.2. The smallest absolute Gasteiger partial charge is 0.137 e. The Morgan fingerprint density at radius 1 is 1.05 bits per heavy atom. The highest BCUT2D eigenvalue weighted by molar-refractivity contribution is 7.11. The van der Waals surface area contributed by atoms with Crippen molar-refractivity contribution in [3.05, 3.63) is 32.1 Å². The molecule has 0 aliphatic heterocycles. The van der Waals surface area contributed by atoms with Gasteiger partial charge in [0.05, 0.1) is 16.7 Å². The van der Waals surface area contributed by atoms with Crippen LogP contribution in [0.5, 0.6) is 0 Å². The van der Waals surface area contributed by atoms with E-state index in [2.05, 4.69) is 41.0 Å². The molecule has 2 heterocycles. The van der Waals surface area contributed by atoms with Crippen LogP contribution in [0.1, 0.15) is 59.7 Å². The minimum atomic E-state index is 0.140. The zero-order chi connectivity index (χ0) is 15.7. The van der Waals surface area contributed by atoms with E-state index in [1.165, 1.54) is 4.88 Å². The number of nitrogens with zero attached hydrogens (tertiary/aromatic N) is 3. The maximum Gasteiger partial charge on any atom is 0.137 e. The summed E-state index contributed by atoms with van der Waals surface area (Å²) in [5, 5.41) is 5.05. The van der Waals surface area contributed by atoms with Crippen LogP contribution in [0, 0.1) is 20.8 Å². The van der Waals surface area contributed by atoms with Gasteiger partial charge < -0.3 is 5.32 Å². The molecule has 0 aliphatic carbocycles. The van der Waals surface area contributed by atoms with E-state index in [0.29, 0.717) is 5.15 Å². The van der Waals surface area contributed by atoms with Gasteiger partial charge in [-0.05, 0) is 27.7 Å². The summed E-state index contributed by atoms with van der Waals surface area (Å²) in [6.45, 7) is 12.2. The Kier molecular flexibility index (Phi) is 4.84. The molecule has 21 heavy (non-hydrogen) atoms. The van der Waals surface area contributed by atoms with E-state index in [1.54, 1.807) is 11.3 Å². The van der Waals surface area contributed by atoms with Crippen molar-refractivity contribution in [1.29, 1.82) is 0 Å². The molecule has 1 atom stereocenters. The van der Waals surface area contributed by atoms with Crippen LogP contribution >= 0.6 is 22.9 Å². The molecule has 1 unspecified atom stereocenters. The predicted octanol–water partition coefficient (Wildman–Crippen LogP) is 4.81. The monoisotopic (exact) mass is 324 g/mol. The summed E-state index contributed by atoms with van der Waals surface area (Å²) in [6, 6.07) is 0.140. The molecule has 0 aliphatic rings. The van der Waals surface area contributed by atoms with E-state index in [0.717, 1.165) is 27.9 Å². The van der Waals surface area contributed by atoms with Gasteiger partial charge in [0.2, 0.25) is 0 Å². The molecule has 2 aromatic heterocycles. The Morgan fingerprint density at radius 2 is 1.71 bits per heavy atom. The zero-order valence-corrected chi connectivity index (χ0v) is 14.9. The van der Waals surface area contributed by atoms with Crippen molar-refractivity contribution in [2.75, 3.05) is 5.32 Å². The van der Waals surface area contributed by atoms with Gasteiger partial charge in [-0.1, -0.05) is 25.4 Å². The van der Waals surface area contributed by atoms with Crippen LogP contribution in [0.4, 0.5) is 5.82 Å². The second-order valence-electron chi connectivity index (χ2n) is 5.55. The molecule has 0 bridgehead atoms. The number of rotatable bonds is 4. The normalized spacial score (nSPS) is 12.8. The fraction of sp³-hybridized carbons (Fsp3) is 0.533. The van der Waals surface area contributed by atoms with Crippen LogP contribution in [0.25, 0.3) is 0 Å². The number of nitrogens with one attached hydrogen (secondary N) is 1. The quantitative estimate of drug-likeness (QED) is 0.820. The SMILES string of the molecule is Cc1nc(C)c(C(C)Nc2nc(C(C)C)nc(Cl)c2C)s1. The molecule has 0 saturated heterocycles. The molecule has 0 fully saturated rings. The van der Waals surface area contributed by atoms with Crippen molar-refractivity contribution in [2.24, 2.45) is 0 Å². The van der Waals surface area contributed by atoms with Gasteiger partial charge in [0.15, 0.2) is 0 Å². The highest BCUT2D eigenvalue weighted by Crippen LogP contribution is 2.30. The Bertz CT molecular complexity index is 651. The fourth-order valence-electron chi connectivity index (χ4n) is 2.12. The average molecular weight is 325 g/mol. The molecule has 2 rings (SSSR count). The van der Waals surface area contributed by atoms with Gasteiger partial charge in [0.25, 0.3) is 0 Å². The third-order valence-corrected chi connectivity index (χ3v) is 4.93. The molecule has 1 N–H and O–H groups in total. The molecule has 0 amide bonds. The number of anilines is 1. The van der Waals surface area contributed by atoms with Crippen LogP contribution in [-0.4, -0.2) is 15.0 Å². The molecule has 0 saturated carbocycles. The second-order valence-corrected chi connectivity index (χ2v) is 7.14. The molecule has 6 heteroatoms. The summed E-state index contributed by atoms with van der Waals surface area (Å²) in [5.74, 6) is 1.81. The van der Waals surface area contributed by atoms with Crippen LogP contribution < -0.4 is 5.32 Å². The Labute approximate surface area is 135 Å².